The topological polar surface area (TPSA) is 182 Å². The highest BCUT2D eigenvalue weighted by Crippen LogP contribution is 2.20. The number of phenols is 1. The van der Waals surface area contributed by atoms with Gasteiger partial charge in [-0.2, -0.15) is 0 Å². The third-order valence-electron chi connectivity index (χ3n) is 4.83. The van der Waals surface area contributed by atoms with Gasteiger partial charge in [0, 0.05) is 13.0 Å². The van der Waals surface area contributed by atoms with Gasteiger partial charge in [-0.15, -0.1) is 0 Å². The molecule has 0 radical (unpaired) electrons. The molecule has 1 aromatic carbocycles. The van der Waals surface area contributed by atoms with E-state index in [0.717, 1.165) is 0 Å². The summed E-state index contributed by atoms with van der Waals surface area (Å²) >= 11 is 0. The van der Waals surface area contributed by atoms with Crippen LogP contribution in [0.3, 0.4) is 0 Å². The molecule has 0 spiro atoms. The van der Waals surface area contributed by atoms with Crippen LogP contribution >= 0.6 is 0 Å². The van der Waals surface area contributed by atoms with Gasteiger partial charge in [0.15, 0.2) is 0 Å². The molecule has 11 heteroatoms. The molecule has 1 saturated heterocycles. The number of aliphatic hydroxyl groups is 1. The molecule has 2 rings (SSSR count). The average molecular weight is 422 g/mol. The Morgan fingerprint density at radius 1 is 1.13 bits per heavy atom. The van der Waals surface area contributed by atoms with Crippen molar-refractivity contribution in [3.63, 3.8) is 0 Å². The van der Waals surface area contributed by atoms with Crippen molar-refractivity contribution in [1.29, 1.82) is 0 Å². The summed E-state index contributed by atoms with van der Waals surface area (Å²) in [5, 5.41) is 32.3. The minimum absolute atomic E-state index is 0.0563. The highest BCUT2D eigenvalue weighted by molar-refractivity contribution is 5.94. The van der Waals surface area contributed by atoms with Crippen molar-refractivity contribution in [3.8, 4) is 5.75 Å². The number of nitrogens with two attached hydrogens (primary N) is 1. The predicted molar refractivity (Wildman–Crippen MR) is 104 cm³/mol. The first-order valence-electron chi connectivity index (χ1n) is 9.48. The third kappa shape index (κ3) is 5.91. The Hall–Kier alpha value is -3.18. The van der Waals surface area contributed by atoms with Crippen LogP contribution in [-0.2, 0) is 25.6 Å². The van der Waals surface area contributed by atoms with Crippen molar-refractivity contribution in [3.05, 3.63) is 29.8 Å². The summed E-state index contributed by atoms with van der Waals surface area (Å²) in [6, 6.07) is 2.74. The second-order valence-electron chi connectivity index (χ2n) is 6.97. The van der Waals surface area contributed by atoms with Crippen LogP contribution in [0.4, 0.5) is 0 Å². The standard InChI is InChI=1S/C19H26N4O7/c20-9-16(26)21-13(8-11-3-5-12(25)6-4-11)18(28)23-7-1-2-15(23)17(27)22-14(10-24)19(29)30/h3-6,13-15,24-25H,1-2,7-10,20H2,(H,21,26)(H,22,27)(H,29,30). The van der Waals surface area contributed by atoms with E-state index in [2.05, 4.69) is 10.6 Å². The van der Waals surface area contributed by atoms with E-state index in [1.54, 1.807) is 12.1 Å². The van der Waals surface area contributed by atoms with E-state index < -0.39 is 48.4 Å². The normalized spacial score (nSPS) is 17.8. The Balaban J connectivity index is 2.17. The number of carboxylic acids is 1. The number of aliphatic hydroxyl groups excluding tert-OH is 1. The lowest BCUT2D eigenvalue weighted by molar-refractivity contribution is -0.145. The summed E-state index contributed by atoms with van der Waals surface area (Å²) in [6.07, 6.45) is 0.966. The zero-order valence-electron chi connectivity index (χ0n) is 16.3. The van der Waals surface area contributed by atoms with Gasteiger partial charge in [0.2, 0.25) is 17.7 Å². The average Bonchev–Trinajstić information content (AvgIpc) is 3.22. The largest absolute Gasteiger partial charge is 0.508 e. The Labute approximate surface area is 172 Å². The Morgan fingerprint density at radius 2 is 1.80 bits per heavy atom. The number of nitrogens with zero attached hydrogens (tertiary/aromatic N) is 1. The van der Waals surface area contributed by atoms with Crippen LogP contribution in [0.25, 0.3) is 0 Å². The summed E-state index contributed by atoms with van der Waals surface area (Å²) in [7, 11) is 0. The smallest absolute Gasteiger partial charge is 0.328 e. The molecule has 3 amide bonds. The van der Waals surface area contributed by atoms with Crippen molar-refractivity contribution in [2.75, 3.05) is 19.7 Å². The van der Waals surface area contributed by atoms with E-state index in [1.807, 2.05) is 0 Å². The number of aromatic hydroxyl groups is 1. The van der Waals surface area contributed by atoms with Crippen LogP contribution in [0.2, 0.25) is 0 Å². The zero-order valence-corrected chi connectivity index (χ0v) is 16.3. The number of nitrogens with one attached hydrogen (secondary N) is 2. The van der Waals surface area contributed by atoms with Gasteiger partial charge >= 0.3 is 5.97 Å². The summed E-state index contributed by atoms with van der Waals surface area (Å²) < 4.78 is 0. The molecule has 0 bridgehead atoms. The fourth-order valence-corrected chi connectivity index (χ4v) is 3.28. The summed E-state index contributed by atoms with van der Waals surface area (Å²) in [5.74, 6) is -3.06. The van der Waals surface area contributed by atoms with Crippen LogP contribution in [0.15, 0.2) is 24.3 Å². The highest BCUT2D eigenvalue weighted by atomic mass is 16.4. The maximum absolute atomic E-state index is 13.1. The van der Waals surface area contributed by atoms with Crippen molar-refractivity contribution in [1.82, 2.24) is 15.5 Å². The quantitative estimate of drug-likeness (QED) is 0.262. The fourth-order valence-electron chi connectivity index (χ4n) is 3.28. The number of hydrogen-bond donors (Lipinski definition) is 6. The number of carbonyl (C=O) groups excluding carboxylic acids is 3. The maximum atomic E-state index is 13.1. The van der Waals surface area contributed by atoms with Crippen LogP contribution in [-0.4, -0.2) is 81.7 Å². The predicted octanol–water partition coefficient (Wildman–Crippen LogP) is -2.07. The first kappa shape index (κ1) is 23.1. The van der Waals surface area contributed by atoms with Crippen LogP contribution < -0.4 is 16.4 Å². The van der Waals surface area contributed by atoms with Crippen molar-refractivity contribution in [2.45, 2.75) is 37.4 Å². The minimum atomic E-state index is -1.47. The first-order chi connectivity index (χ1) is 14.3. The Bertz CT molecular complexity index is 784. The summed E-state index contributed by atoms with van der Waals surface area (Å²) in [5.41, 5.74) is 6.02. The van der Waals surface area contributed by atoms with Gasteiger partial charge in [-0.3, -0.25) is 14.4 Å². The molecule has 7 N–H and O–H groups in total. The van der Waals surface area contributed by atoms with E-state index >= 15 is 0 Å². The van der Waals surface area contributed by atoms with E-state index in [9.17, 15) is 24.3 Å². The van der Waals surface area contributed by atoms with Gasteiger partial charge in [0.1, 0.15) is 23.9 Å². The number of likely N-dealkylation sites (tertiary alicyclic amines) is 1. The van der Waals surface area contributed by atoms with Gasteiger partial charge in [-0.05, 0) is 30.5 Å². The lowest BCUT2D eigenvalue weighted by Gasteiger charge is -2.29. The Morgan fingerprint density at radius 3 is 2.37 bits per heavy atom. The van der Waals surface area contributed by atoms with Crippen molar-refractivity contribution >= 4 is 23.7 Å². The Kier molecular flexibility index (Phi) is 8.13. The van der Waals surface area contributed by atoms with Crippen molar-refractivity contribution < 1.29 is 34.5 Å². The molecule has 30 heavy (non-hydrogen) atoms. The molecule has 3 unspecified atom stereocenters. The van der Waals surface area contributed by atoms with Gasteiger partial charge in [-0.25, -0.2) is 4.79 Å². The number of amides is 3. The molecule has 0 aliphatic carbocycles. The number of rotatable bonds is 9. The summed E-state index contributed by atoms with van der Waals surface area (Å²) in [4.78, 5) is 49.9. The van der Waals surface area contributed by atoms with Gasteiger partial charge in [0.05, 0.1) is 13.2 Å². The lowest BCUT2D eigenvalue weighted by Crippen LogP contribution is -2.56. The molecule has 1 fully saturated rings. The zero-order chi connectivity index (χ0) is 22.3. The molecule has 1 heterocycles. The van der Waals surface area contributed by atoms with E-state index in [1.165, 1.54) is 17.0 Å². The second-order valence-corrected chi connectivity index (χ2v) is 6.97. The highest BCUT2D eigenvalue weighted by Gasteiger charge is 2.38. The van der Waals surface area contributed by atoms with Gasteiger partial charge < -0.3 is 36.6 Å². The monoisotopic (exact) mass is 422 g/mol. The van der Waals surface area contributed by atoms with E-state index in [-0.39, 0.29) is 25.3 Å². The minimum Gasteiger partial charge on any atom is -0.508 e. The van der Waals surface area contributed by atoms with Crippen LogP contribution in [0.1, 0.15) is 18.4 Å². The van der Waals surface area contributed by atoms with Crippen molar-refractivity contribution in [2.24, 2.45) is 5.73 Å². The molecule has 0 saturated carbocycles. The number of carboxylic acid groups (broad SMARTS) is 1. The number of carbonyl (C=O) groups is 4. The molecule has 164 valence electrons. The molecule has 3 atom stereocenters. The number of phenolic OH excluding ortho intramolecular Hbond substituents is 1. The molecule has 1 aliphatic rings. The van der Waals surface area contributed by atoms with Gasteiger partial charge in [0.25, 0.3) is 0 Å². The van der Waals surface area contributed by atoms with E-state index in [4.69, 9.17) is 15.9 Å². The van der Waals surface area contributed by atoms with Gasteiger partial charge in [-0.1, -0.05) is 12.1 Å². The molecule has 1 aliphatic heterocycles. The fraction of sp³-hybridized carbons (Fsp3) is 0.474. The number of benzene rings is 1. The SMILES string of the molecule is NCC(=O)NC(Cc1ccc(O)cc1)C(=O)N1CCCC1C(=O)NC(CO)C(=O)O. The number of hydrogen-bond acceptors (Lipinski definition) is 7. The number of aliphatic carboxylic acids is 1. The van der Waals surface area contributed by atoms with Crippen LogP contribution in [0, 0.1) is 0 Å². The first-order valence-corrected chi connectivity index (χ1v) is 9.48. The van der Waals surface area contributed by atoms with E-state index in [0.29, 0.717) is 18.4 Å². The molecular formula is C19H26N4O7. The third-order valence-corrected chi connectivity index (χ3v) is 4.83. The lowest BCUT2D eigenvalue weighted by atomic mass is 10.0. The van der Waals surface area contributed by atoms with Crippen LogP contribution in [0.5, 0.6) is 5.75 Å². The second kappa shape index (κ2) is 10.6. The molecule has 11 nitrogen and oxygen atoms in total. The molecular weight excluding hydrogens is 396 g/mol. The maximum Gasteiger partial charge on any atom is 0.328 e. The molecule has 0 aromatic heterocycles. The summed E-state index contributed by atoms with van der Waals surface area (Å²) in [6.45, 7) is -0.837. The molecule has 1 aromatic rings.